The van der Waals surface area contributed by atoms with E-state index in [1.54, 1.807) is 0 Å². The van der Waals surface area contributed by atoms with Gasteiger partial charge in [0, 0.05) is 6.08 Å². The topological polar surface area (TPSA) is 26.3 Å². The first-order valence-corrected chi connectivity index (χ1v) is 2.81. The van der Waals surface area contributed by atoms with E-state index in [9.17, 15) is 18.0 Å². The SMILES string of the molecule is C=CC(=O)OCCC(F)(F)F. The molecule has 0 heterocycles. The van der Waals surface area contributed by atoms with Gasteiger partial charge in [-0.25, -0.2) is 4.79 Å². The van der Waals surface area contributed by atoms with Crippen molar-refractivity contribution in [1.29, 1.82) is 0 Å². The van der Waals surface area contributed by atoms with E-state index in [2.05, 4.69) is 11.3 Å². The minimum absolute atomic E-state index is 0.644. The lowest BCUT2D eigenvalue weighted by atomic mass is 10.4. The average molecular weight is 168 g/mol. The molecule has 0 aliphatic heterocycles. The first kappa shape index (κ1) is 10.0. The van der Waals surface area contributed by atoms with Crippen LogP contribution in [0.4, 0.5) is 13.2 Å². The molecule has 0 saturated carbocycles. The van der Waals surface area contributed by atoms with Gasteiger partial charge in [0.15, 0.2) is 0 Å². The summed E-state index contributed by atoms with van der Waals surface area (Å²) in [6, 6.07) is 0. The molecule has 0 aromatic heterocycles. The zero-order valence-corrected chi connectivity index (χ0v) is 5.65. The van der Waals surface area contributed by atoms with Crippen LogP contribution in [0.5, 0.6) is 0 Å². The van der Waals surface area contributed by atoms with E-state index in [4.69, 9.17) is 0 Å². The third-order valence-electron chi connectivity index (χ3n) is 0.797. The maximum absolute atomic E-state index is 11.4. The monoisotopic (exact) mass is 168 g/mol. The van der Waals surface area contributed by atoms with E-state index in [-0.39, 0.29) is 0 Å². The van der Waals surface area contributed by atoms with Crippen LogP contribution in [0.3, 0.4) is 0 Å². The fourth-order valence-electron chi connectivity index (χ4n) is 0.326. The summed E-state index contributed by atoms with van der Waals surface area (Å²) in [4.78, 5) is 10.2. The average Bonchev–Trinajstić information content (AvgIpc) is 1.85. The standard InChI is InChI=1S/C6H7F3O2/c1-2-5(10)11-4-3-6(7,8)9/h2H,1,3-4H2. The van der Waals surface area contributed by atoms with Gasteiger partial charge in [-0.1, -0.05) is 6.58 Å². The van der Waals surface area contributed by atoms with Crippen molar-refractivity contribution in [2.45, 2.75) is 12.6 Å². The Balaban J connectivity index is 3.42. The van der Waals surface area contributed by atoms with Crippen molar-refractivity contribution in [3.8, 4) is 0 Å². The molecule has 5 heteroatoms. The highest BCUT2D eigenvalue weighted by molar-refractivity contribution is 5.81. The Hall–Kier alpha value is -1.00. The van der Waals surface area contributed by atoms with Gasteiger partial charge in [-0.3, -0.25) is 0 Å². The molecule has 2 nitrogen and oxygen atoms in total. The molecule has 0 aromatic rings. The molecule has 0 radical (unpaired) electrons. The molecule has 0 aromatic carbocycles. The van der Waals surface area contributed by atoms with Crippen molar-refractivity contribution >= 4 is 5.97 Å². The maximum Gasteiger partial charge on any atom is 0.392 e. The molecule has 0 bridgehead atoms. The highest BCUT2D eigenvalue weighted by Crippen LogP contribution is 2.18. The third-order valence-corrected chi connectivity index (χ3v) is 0.797. The Kier molecular flexibility index (Phi) is 3.64. The predicted octanol–water partition coefficient (Wildman–Crippen LogP) is 1.67. The molecular formula is C6H7F3O2. The quantitative estimate of drug-likeness (QED) is 0.473. The molecule has 64 valence electrons. The van der Waals surface area contributed by atoms with Crippen LogP contribution in [0.15, 0.2) is 12.7 Å². The Morgan fingerprint density at radius 2 is 2.09 bits per heavy atom. The minimum Gasteiger partial charge on any atom is -0.462 e. The Morgan fingerprint density at radius 3 is 2.45 bits per heavy atom. The summed E-state index contributed by atoms with van der Waals surface area (Å²) in [5.41, 5.74) is 0. The maximum atomic E-state index is 11.4. The van der Waals surface area contributed by atoms with E-state index in [0.717, 1.165) is 6.08 Å². The van der Waals surface area contributed by atoms with Crippen LogP contribution in [-0.2, 0) is 9.53 Å². The van der Waals surface area contributed by atoms with Gasteiger partial charge in [-0.05, 0) is 0 Å². The molecule has 0 spiro atoms. The van der Waals surface area contributed by atoms with Gasteiger partial charge in [0.25, 0.3) is 0 Å². The lowest BCUT2D eigenvalue weighted by Crippen LogP contribution is -2.13. The smallest absolute Gasteiger partial charge is 0.392 e. The van der Waals surface area contributed by atoms with E-state index in [1.165, 1.54) is 0 Å². The lowest BCUT2D eigenvalue weighted by Gasteiger charge is -2.04. The number of halogens is 3. The second-order valence-corrected chi connectivity index (χ2v) is 1.74. The van der Waals surface area contributed by atoms with Crippen LogP contribution in [-0.4, -0.2) is 18.8 Å². The van der Waals surface area contributed by atoms with Crippen molar-refractivity contribution in [2.24, 2.45) is 0 Å². The highest BCUT2D eigenvalue weighted by atomic mass is 19.4. The summed E-state index contributed by atoms with van der Waals surface area (Å²) in [6.07, 6.45) is -4.58. The summed E-state index contributed by atoms with van der Waals surface area (Å²) < 4.78 is 38.3. The van der Waals surface area contributed by atoms with Crippen LogP contribution in [0.2, 0.25) is 0 Å². The van der Waals surface area contributed by atoms with Gasteiger partial charge in [-0.2, -0.15) is 13.2 Å². The number of hydrogen-bond acceptors (Lipinski definition) is 2. The fraction of sp³-hybridized carbons (Fsp3) is 0.500. The summed E-state index contributed by atoms with van der Waals surface area (Å²) in [7, 11) is 0. The molecule has 0 N–H and O–H groups in total. The van der Waals surface area contributed by atoms with Gasteiger partial charge in [0.05, 0.1) is 6.42 Å². The first-order chi connectivity index (χ1) is 4.95. The number of esters is 1. The summed E-state index contributed by atoms with van der Waals surface area (Å²) in [5, 5.41) is 0. The summed E-state index contributed by atoms with van der Waals surface area (Å²) in [6.45, 7) is 2.38. The van der Waals surface area contributed by atoms with E-state index >= 15 is 0 Å². The van der Waals surface area contributed by atoms with E-state index < -0.39 is 25.2 Å². The second kappa shape index (κ2) is 4.00. The molecule has 11 heavy (non-hydrogen) atoms. The number of ether oxygens (including phenoxy) is 1. The molecule has 0 saturated heterocycles. The Morgan fingerprint density at radius 1 is 1.55 bits per heavy atom. The van der Waals surface area contributed by atoms with E-state index in [0.29, 0.717) is 0 Å². The van der Waals surface area contributed by atoms with Crippen molar-refractivity contribution in [1.82, 2.24) is 0 Å². The van der Waals surface area contributed by atoms with Gasteiger partial charge < -0.3 is 4.74 Å². The summed E-state index contributed by atoms with van der Waals surface area (Å²) in [5.74, 6) is -0.839. The molecule has 0 rings (SSSR count). The number of carbonyl (C=O) groups is 1. The van der Waals surface area contributed by atoms with Crippen molar-refractivity contribution in [3.63, 3.8) is 0 Å². The van der Waals surface area contributed by atoms with Crippen LogP contribution >= 0.6 is 0 Å². The fourth-order valence-corrected chi connectivity index (χ4v) is 0.326. The van der Waals surface area contributed by atoms with Gasteiger partial charge in [0.1, 0.15) is 6.61 Å². The van der Waals surface area contributed by atoms with Crippen molar-refractivity contribution in [3.05, 3.63) is 12.7 Å². The molecule has 0 aliphatic rings. The second-order valence-electron chi connectivity index (χ2n) is 1.74. The zero-order valence-electron chi connectivity index (χ0n) is 5.65. The Labute approximate surface area is 61.6 Å². The number of alkyl halides is 3. The minimum atomic E-state index is -4.28. The van der Waals surface area contributed by atoms with E-state index in [1.807, 2.05) is 0 Å². The lowest BCUT2D eigenvalue weighted by molar-refractivity contribution is -0.155. The normalized spacial score (nSPS) is 10.8. The zero-order chi connectivity index (χ0) is 8.91. The molecule has 0 atom stereocenters. The molecule has 0 fully saturated rings. The van der Waals surface area contributed by atoms with Gasteiger partial charge >= 0.3 is 12.1 Å². The number of hydrogen-bond donors (Lipinski definition) is 0. The van der Waals surface area contributed by atoms with Gasteiger partial charge in [-0.15, -0.1) is 0 Å². The van der Waals surface area contributed by atoms with Crippen LogP contribution < -0.4 is 0 Å². The van der Waals surface area contributed by atoms with Gasteiger partial charge in [0.2, 0.25) is 0 Å². The predicted molar refractivity (Wildman–Crippen MR) is 31.8 cm³/mol. The summed E-state index contributed by atoms with van der Waals surface area (Å²) >= 11 is 0. The molecule has 0 aliphatic carbocycles. The van der Waals surface area contributed by atoms with Crippen molar-refractivity contribution in [2.75, 3.05) is 6.61 Å². The molecular weight excluding hydrogens is 161 g/mol. The van der Waals surface area contributed by atoms with Crippen molar-refractivity contribution < 1.29 is 22.7 Å². The largest absolute Gasteiger partial charge is 0.462 e. The third kappa shape index (κ3) is 6.89. The number of rotatable bonds is 3. The van der Waals surface area contributed by atoms with Crippen LogP contribution in [0.25, 0.3) is 0 Å². The van der Waals surface area contributed by atoms with Crippen LogP contribution in [0.1, 0.15) is 6.42 Å². The van der Waals surface area contributed by atoms with Crippen LogP contribution in [0, 0.1) is 0 Å². The molecule has 0 unspecified atom stereocenters. The Bertz CT molecular complexity index is 150. The highest BCUT2D eigenvalue weighted by Gasteiger charge is 2.26. The first-order valence-electron chi connectivity index (χ1n) is 2.81. The molecule has 0 amide bonds. The number of carbonyl (C=O) groups excluding carboxylic acids is 1.